The summed E-state index contributed by atoms with van der Waals surface area (Å²) in [5, 5.41) is 18.1. The van der Waals surface area contributed by atoms with Crippen molar-refractivity contribution in [2.45, 2.75) is 32.1 Å². The monoisotopic (exact) mass is 227 g/mol. The van der Waals surface area contributed by atoms with Crippen LogP contribution < -0.4 is 0 Å². The molecule has 1 saturated heterocycles. The van der Waals surface area contributed by atoms with E-state index in [1.165, 1.54) is 25.7 Å². The lowest BCUT2D eigenvalue weighted by Crippen LogP contribution is -2.29. The minimum Gasteiger partial charge on any atom is -0.481 e. The molecular formula is C12H21NO3. The van der Waals surface area contributed by atoms with Crippen LogP contribution >= 0.6 is 0 Å². The van der Waals surface area contributed by atoms with Gasteiger partial charge in [-0.15, -0.1) is 0 Å². The lowest BCUT2D eigenvalue weighted by molar-refractivity contribution is -0.137. The summed E-state index contributed by atoms with van der Waals surface area (Å²) in [6.45, 7) is 2.76. The number of carboxylic acids is 1. The van der Waals surface area contributed by atoms with Gasteiger partial charge in [0.25, 0.3) is 0 Å². The molecule has 2 fully saturated rings. The molecule has 0 radical (unpaired) electrons. The van der Waals surface area contributed by atoms with E-state index in [1.807, 2.05) is 0 Å². The molecule has 2 N–H and O–H groups in total. The second-order valence-electron chi connectivity index (χ2n) is 5.33. The fourth-order valence-corrected chi connectivity index (χ4v) is 3.47. The molecule has 0 aromatic rings. The van der Waals surface area contributed by atoms with Gasteiger partial charge < -0.3 is 15.1 Å². The second kappa shape index (κ2) is 4.72. The van der Waals surface area contributed by atoms with Crippen molar-refractivity contribution in [2.24, 2.45) is 11.3 Å². The summed E-state index contributed by atoms with van der Waals surface area (Å²) in [5.41, 5.74) is 0.299. The quantitative estimate of drug-likeness (QED) is 0.750. The summed E-state index contributed by atoms with van der Waals surface area (Å²) in [6, 6.07) is 0. The van der Waals surface area contributed by atoms with Gasteiger partial charge in [-0.1, -0.05) is 12.8 Å². The van der Waals surface area contributed by atoms with E-state index in [2.05, 4.69) is 4.90 Å². The molecule has 0 bridgehead atoms. The summed E-state index contributed by atoms with van der Waals surface area (Å²) in [7, 11) is 0. The Balaban J connectivity index is 1.93. The third-order valence-corrected chi connectivity index (χ3v) is 4.34. The standard InChI is InChI=1S/C12H21NO3/c14-8-10-7-13(6-3-11(15)16)9-12(10)4-1-2-5-12/h10,14H,1-9H2,(H,15,16)/t10-/m1/s1. The zero-order valence-corrected chi connectivity index (χ0v) is 9.69. The minimum atomic E-state index is -0.729. The summed E-state index contributed by atoms with van der Waals surface area (Å²) in [5.74, 6) is -0.364. The largest absolute Gasteiger partial charge is 0.481 e. The maximum absolute atomic E-state index is 10.5. The normalized spacial score (nSPS) is 28.9. The highest BCUT2D eigenvalue weighted by Gasteiger charge is 2.47. The van der Waals surface area contributed by atoms with Crippen LogP contribution in [0.5, 0.6) is 0 Å². The summed E-state index contributed by atoms with van der Waals surface area (Å²) in [6.07, 6.45) is 5.17. The number of aliphatic hydroxyl groups is 1. The molecule has 1 heterocycles. The van der Waals surface area contributed by atoms with Crippen molar-refractivity contribution in [3.05, 3.63) is 0 Å². The van der Waals surface area contributed by atoms with Gasteiger partial charge in [0.1, 0.15) is 0 Å². The third kappa shape index (κ3) is 2.23. The molecule has 92 valence electrons. The van der Waals surface area contributed by atoms with Gasteiger partial charge in [0, 0.05) is 32.2 Å². The molecule has 1 atom stereocenters. The van der Waals surface area contributed by atoms with E-state index in [1.54, 1.807) is 0 Å². The first-order valence-electron chi connectivity index (χ1n) is 6.21. The first-order valence-corrected chi connectivity index (χ1v) is 6.21. The highest BCUT2D eigenvalue weighted by Crippen LogP contribution is 2.48. The van der Waals surface area contributed by atoms with Crippen LogP contribution in [-0.2, 0) is 4.79 Å². The van der Waals surface area contributed by atoms with Crippen molar-refractivity contribution in [1.82, 2.24) is 4.90 Å². The topological polar surface area (TPSA) is 60.8 Å². The molecular weight excluding hydrogens is 206 g/mol. The van der Waals surface area contributed by atoms with Gasteiger partial charge >= 0.3 is 5.97 Å². The second-order valence-corrected chi connectivity index (χ2v) is 5.33. The van der Waals surface area contributed by atoms with Crippen LogP contribution in [0.2, 0.25) is 0 Å². The predicted octanol–water partition coefficient (Wildman–Crippen LogP) is 0.946. The van der Waals surface area contributed by atoms with Crippen LogP contribution in [-0.4, -0.2) is 47.3 Å². The number of carbonyl (C=O) groups is 1. The highest BCUT2D eigenvalue weighted by molar-refractivity contribution is 5.66. The first kappa shape index (κ1) is 11.9. The van der Waals surface area contributed by atoms with Crippen molar-refractivity contribution in [3.63, 3.8) is 0 Å². The van der Waals surface area contributed by atoms with Gasteiger partial charge in [0.05, 0.1) is 6.42 Å². The fourth-order valence-electron chi connectivity index (χ4n) is 3.47. The minimum absolute atomic E-state index is 0.216. The van der Waals surface area contributed by atoms with Crippen LogP contribution in [0.1, 0.15) is 32.1 Å². The third-order valence-electron chi connectivity index (χ3n) is 4.34. The zero-order chi connectivity index (χ0) is 11.6. The first-order chi connectivity index (χ1) is 7.66. The zero-order valence-electron chi connectivity index (χ0n) is 9.69. The van der Waals surface area contributed by atoms with Gasteiger partial charge in [0.2, 0.25) is 0 Å². The number of aliphatic hydroxyl groups excluding tert-OH is 1. The number of aliphatic carboxylic acids is 1. The van der Waals surface area contributed by atoms with Gasteiger partial charge in [-0.2, -0.15) is 0 Å². The van der Waals surface area contributed by atoms with Crippen LogP contribution in [0.4, 0.5) is 0 Å². The molecule has 1 aliphatic carbocycles. The number of rotatable bonds is 4. The molecule has 0 aromatic heterocycles. The Labute approximate surface area is 96.3 Å². The van der Waals surface area contributed by atoms with Crippen LogP contribution in [0.25, 0.3) is 0 Å². The molecule has 4 nitrogen and oxygen atoms in total. The molecule has 0 unspecified atom stereocenters. The van der Waals surface area contributed by atoms with Crippen LogP contribution in [0.15, 0.2) is 0 Å². The lowest BCUT2D eigenvalue weighted by atomic mass is 9.77. The van der Waals surface area contributed by atoms with Crippen molar-refractivity contribution < 1.29 is 15.0 Å². The fraction of sp³-hybridized carbons (Fsp3) is 0.917. The van der Waals surface area contributed by atoms with E-state index in [4.69, 9.17) is 5.11 Å². The molecule has 1 aliphatic heterocycles. The molecule has 16 heavy (non-hydrogen) atoms. The Bertz CT molecular complexity index is 261. The maximum Gasteiger partial charge on any atom is 0.304 e. The van der Waals surface area contributed by atoms with Gasteiger partial charge in [-0.05, 0) is 18.3 Å². The molecule has 1 spiro atoms. The van der Waals surface area contributed by atoms with Gasteiger partial charge in [-0.25, -0.2) is 0 Å². The average Bonchev–Trinajstić information content (AvgIpc) is 2.84. The summed E-state index contributed by atoms with van der Waals surface area (Å²) in [4.78, 5) is 12.8. The lowest BCUT2D eigenvalue weighted by Gasteiger charge is -2.28. The van der Waals surface area contributed by atoms with E-state index in [9.17, 15) is 9.90 Å². The number of hydrogen-bond acceptors (Lipinski definition) is 3. The van der Waals surface area contributed by atoms with Gasteiger partial charge in [-0.3, -0.25) is 4.79 Å². The van der Waals surface area contributed by atoms with Crippen LogP contribution in [0, 0.1) is 11.3 Å². The Morgan fingerprint density at radius 2 is 2.06 bits per heavy atom. The number of carboxylic acid groups (broad SMARTS) is 1. The number of nitrogens with zero attached hydrogens (tertiary/aromatic N) is 1. The molecule has 0 amide bonds. The molecule has 2 aliphatic rings. The van der Waals surface area contributed by atoms with Crippen LogP contribution in [0.3, 0.4) is 0 Å². The summed E-state index contributed by atoms with van der Waals surface area (Å²) < 4.78 is 0. The van der Waals surface area contributed by atoms with Crippen molar-refractivity contribution >= 4 is 5.97 Å². The Hall–Kier alpha value is -0.610. The Morgan fingerprint density at radius 1 is 1.38 bits per heavy atom. The average molecular weight is 227 g/mol. The highest BCUT2D eigenvalue weighted by atomic mass is 16.4. The van der Waals surface area contributed by atoms with Gasteiger partial charge in [0.15, 0.2) is 0 Å². The van der Waals surface area contributed by atoms with E-state index >= 15 is 0 Å². The van der Waals surface area contributed by atoms with E-state index < -0.39 is 5.97 Å². The molecule has 0 aromatic carbocycles. The van der Waals surface area contributed by atoms with E-state index in [-0.39, 0.29) is 13.0 Å². The number of likely N-dealkylation sites (tertiary alicyclic amines) is 1. The predicted molar refractivity (Wildman–Crippen MR) is 60.2 cm³/mol. The van der Waals surface area contributed by atoms with Crippen molar-refractivity contribution in [2.75, 3.05) is 26.2 Å². The molecule has 2 rings (SSSR count). The van der Waals surface area contributed by atoms with E-state index in [0.717, 1.165) is 13.1 Å². The summed E-state index contributed by atoms with van der Waals surface area (Å²) >= 11 is 0. The SMILES string of the molecule is O=C(O)CCN1C[C@H](CO)C2(CCCC2)C1. The van der Waals surface area contributed by atoms with E-state index in [0.29, 0.717) is 17.9 Å². The van der Waals surface area contributed by atoms with Crippen molar-refractivity contribution in [3.8, 4) is 0 Å². The van der Waals surface area contributed by atoms with Crippen molar-refractivity contribution in [1.29, 1.82) is 0 Å². The smallest absolute Gasteiger partial charge is 0.304 e. The maximum atomic E-state index is 10.5. The molecule has 4 heteroatoms. The Morgan fingerprint density at radius 3 is 2.62 bits per heavy atom. The number of hydrogen-bond donors (Lipinski definition) is 2. The molecule has 1 saturated carbocycles. The Kier molecular flexibility index (Phi) is 3.50.